The summed E-state index contributed by atoms with van der Waals surface area (Å²) in [5.41, 5.74) is 2.02. The van der Waals surface area contributed by atoms with E-state index in [9.17, 15) is 9.59 Å². The molecule has 0 saturated heterocycles. The van der Waals surface area contributed by atoms with Crippen molar-refractivity contribution in [2.24, 2.45) is 0 Å². The minimum Gasteiger partial charge on any atom is -0.479 e. The van der Waals surface area contributed by atoms with Crippen LogP contribution in [-0.4, -0.2) is 22.9 Å². The number of carbonyl (C=O) groups excluding carboxylic acids is 2. The summed E-state index contributed by atoms with van der Waals surface area (Å²) in [5, 5.41) is 6.20. The van der Waals surface area contributed by atoms with Crippen molar-refractivity contribution in [1.29, 1.82) is 0 Å². The lowest BCUT2D eigenvalue weighted by molar-refractivity contribution is -0.127. The number of ether oxygens (including phenoxy) is 1. The van der Waals surface area contributed by atoms with Gasteiger partial charge in [-0.2, -0.15) is 0 Å². The Balaban J connectivity index is 1.52. The Bertz CT molecular complexity index is 1030. The Kier molecular flexibility index (Phi) is 7.27. The molecule has 154 valence electrons. The summed E-state index contributed by atoms with van der Waals surface area (Å²) in [5.74, 6) is -0.181. The number of aromatic nitrogens is 1. The fourth-order valence-corrected chi connectivity index (χ4v) is 2.90. The average Bonchev–Trinajstić information content (AvgIpc) is 2.76. The molecule has 30 heavy (non-hydrogen) atoms. The Morgan fingerprint density at radius 3 is 2.43 bits per heavy atom. The van der Waals surface area contributed by atoms with Crippen molar-refractivity contribution in [2.45, 2.75) is 19.6 Å². The topological polar surface area (TPSA) is 80.3 Å². The Morgan fingerprint density at radius 2 is 1.73 bits per heavy atom. The number of rotatable bonds is 7. The molecule has 0 unspecified atom stereocenters. The van der Waals surface area contributed by atoms with Gasteiger partial charge < -0.3 is 15.4 Å². The van der Waals surface area contributed by atoms with Crippen molar-refractivity contribution in [3.8, 4) is 5.75 Å². The molecule has 2 aromatic carbocycles. The van der Waals surface area contributed by atoms with Gasteiger partial charge in [-0.05, 0) is 48.9 Å². The zero-order chi connectivity index (χ0) is 21.5. The second-order valence-electron chi connectivity index (χ2n) is 6.42. The summed E-state index contributed by atoms with van der Waals surface area (Å²) in [6, 6.07) is 15.4. The van der Waals surface area contributed by atoms with E-state index in [2.05, 4.69) is 15.6 Å². The number of nitrogens with zero attached hydrogens (tertiary/aromatic N) is 1. The zero-order valence-corrected chi connectivity index (χ0v) is 17.6. The summed E-state index contributed by atoms with van der Waals surface area (Å²) < 4.78 is 5.60. The zero-order valence-electron chi connectivity index (χ0n) is 16.1. The van der Waals surface area contributed by atoms with Crippen LogP contribution in [0.4, 0.5) is 5.69 Å². The summed E-state index contributed by atoms with van der Waals surface area (Å²) in [6.45, 7) is 1.92. The average molecular weight is 444 g/mol. The highest BCUT2D eigenvalue weighted by Gasteiger charge is 2.17. The first-order valence-electron chi connectivity index (χ1n) is 9.12. The molecule has 6 nitrogen and oxygen atoms in total. The SMILES string of the molecule is C[C@H](Oc1cccc(Cl)c1Cl)C(=O)NCc1ccc(C(=O)Nc2ccncc2)cc1. The number of benzene rings is 2. The molecule has 0 spiro atoms. The maximum atomic E-state index is 12.3. The van der Waals surface area contributed by atoms with Gasteiger partial charge >= 0.3 is 0 Å². The minimum atomic E-state index is -0.758. The summed E-state index contributed by atoms with van der Waals surface area (Å²) in [7, 11) is 0. The van der Waals surface area contributed by atoms with E-state index in [1.165, 1.54) is 0 Å². The van der Waals surface area contributed by atoms with E-state index in [1.807, 2.05) is 0 Å². The van der Waals surface area contributed by atoms with Gasteiger partial charge in [0.1, 0.15) is 10.8 Å². The number of amides is 2. The van der Waals surface area contributed by atoms with E-state index < -0.39 is 6.10 Å². The second-order valence-corrected chi connectivity index (χ2v) is 7.20. The molecule has 8 heteroatoms. The Morgan fingerprint density at radius 1 is 1.03 bits per heavy atom. The molecule has 3 aromatic rings. The standard InChI is InChI=1S/C22H19Cl2N3O3/c1-14(30-19-4-2-3-18(23)20(19)24)21(28)26-13-15-5-7-16(8-6-15)22(29)27-17-9-11-25-12-10-17/h2-12,14H,13H2,1H3,(H,26,28)(H,25,27,29)/t14-/m0/s1. The monoisotopic (exact) mass is 443 g/mol. The van der Waals surface area contributed by atoms with Crippen LogP contribution >= 0.6 is 23.2 Å². The first-order chi connectivity index (χ1) is 14.4. The van der Waals surface area contributed by atoms with Crippen LogP contribution < -0.4 is 15.4 Å². The Hall–Kier alpha value is -3.09. The lowest BCUT2D eigenvalue weighted by atomic mass is 10.1. The molecular formula is C22H19Cl2N3O3. The first kappa shape index (κ1) is 21.6. The molecule has 0 saturated carbocycles. The van der Waals surface area contributed by atoms with Crippen molar-refractivity contribution in [3.63, 3.8) is 0 Å². The van der Waals surface area contributed by atoms with Gasteiger partial charge in [-0.25, -0.2) is 0 Å². The van der Waals surface area contributed by atoms with Gasteiger partial charge in [0.05, 0.1) is 5.02 Å². The van der Waals surface area contributed by atoms with E-state index >= 15 is 0 Å². The van der Waals surface area contributed by atoms with Gasteiger partial charge in [-0.3, -0.25) is 14.6 Å². The predicted octanol–water partition coefficient (Wildman–Crippen LogP) is 4.72. The third kappa shape index (κ3) is 5.72. The van der Waals surface area contributed by atoms with Crippen LogP contribution in [0.2, 0.25) is 10.0 Å². The van der Waals surface area contributed by atoms with Gasteiger partial charge in [0.25, 0.3) is 11.8 Å². The largest absolute Gasteiger partial charge is 0.479 e. The fraction of sp³-hybridized carbons (Fsp3) is 0.136. The van der Waals surface area contributed by atoms with Crippen LogP contribution in [0.1, 0.15) is 22.8 Å². The smallest absolute Gasteiger partial charge is 0.261 e. The number of halogens is 2. The van der Waals surface area contributed by atoms with Crippen molar-refractivity contribution >= 4 is 40.7 Å². The van der Waals surface area contributed by atoms with E-state index in [0.29, 0.717) is 28.6 Å². The van der Waals surface area contributed by atoms with Crippen molar-refractivity contribution < 1.29 is 14.3 Å². The van der Waals surface area contributed by atoms with Gasteiger partial charge in [0, 0.05) is 30.2 Å². The van der Waals surface area contributed by atoms with Crippen LogP contribution in [0.3, 0.4) is 0 Å². The molecule has 1 aromatic heterocycles. The third-order valence-electron chi connectivity index (χ3n) is 4.21. The van der Waals surface area contributed by atoms with Crippen LogP contribution in [0, 0.1) is 0 Å². The Labute approximate surface area is 184 Å². The molecule has 2 N–H and O–H groups in total. The van der Waals surface area contributed by atoms with Gasteiger partial charge in [0.15, 0.2) is 6.10 Å². The number of pyridine rings is 1. The molecule has 2 amide bonds. The number of nitrogens with one attached hydrogen (secondary N) is 2. The third-order valence-corrected chi connectivity index (χ3v) is 5.01. The van der Waals surface area contributed by atoms with E-state index in [4.69, 9.17) is 27.9 Å². The van der Waals surface area contributed by atoms with Crippen LogP contribution in [-0.2, 0) is 11.3 Å². The highest BCUT2D eigenvalue weighted by molar-refractivity contribution is 6.42. The van der Waals surface area contributed by atoms with E-state index in [-0.39, 0.29) is 16.8 Å². The lowest BCUT2D eigenvalue weighted by Gasteiger charge is -2.16. The molecule has 0 radical (unpaired) electrons. The van der Waals surface area contributed by atoms with Gasteiger partial charge in [-0.1, -0.05) is 41.4 Å². The minimum absolute atomic E-state index is 0.225. The molecule has 0 aliphatic rings. The maximum absolute atomic E-state index is 12.3. The molecule has 0 fully saturated rings. The van der Waals surface area contributed by atoms with Gasteiger partial charge in [0.2, 0.25) is 0 Å². The number of hydrogen-bond donors (Lipinski definition) is 2. The van der Waals surface area contributed by atoms with Crippen molar-refractivity contribution in [2.75, 3.05) is 5.32 Å². The first-order valence-corrected chi connectivity index (χ1v) is 9.88. The molecule has 0 aliphatic carbocycles. The fourth-order valence-electron chi connectivity index (χ4n) is 2.56. The number of carbonyl (C=O) groups is 2. The lowest BCUT2D eigenvalue weighted by Crippen LogP contribution is -2.36. The molecule has 3 rings (SSSR count). The molecule has 1 atom stereocenters. The summed E-state index contributed by atoms with van der Waals surface area (Å²) in [6.07, 6.45) is 2.45. The quantitative estimate of drug-likeness (QED) is 0.553. The maximum Gasteiger partial charge on any atom is 0.261 e. The van der Waals surface area contributed by atoms with Crippen LogP contribution in [0.5, 0.6) is 5.75 Å². The van der Waals surface area contributed by atoms with E-state index in [0.717, 1.165) is 5.56 Å². The van der Waals surface area contributed by atoms with Crippen LogP contribution in [0.25, 0.3) is 0 Å². The summed E-state index contributed by atoms with van der Waals surface area (Å²) in [4.78, 5) is 28.5. The van der Waals surface area contributed by atoms with Crippen molar-refractivity contribution in [3.05, 3.63) is 88.2 Å². The van der Waals surface area contributed by atoms with Crippen molar-refractivity contribution in [1.82, 2.24) is 10.3 Å². The normalized spacial score (nSPS) is 11.4. The molecule has 0 aliphatic heterocycles. The predicted molar refractivity (Wildman–Crippen MR) is 117 cm³/mol. The second kappa shape index (κ2) is 10.1. The highest BCUT2D eigenvalue weighted by atomic mass is 35.5. The molecule has 0 bridgehead atoms. The van der Waals surface area contributed by atoms with E-state index in [1.54, 1.807) is 73.9 Å². The number of anilines is 1. The molecular weight excluding hydrogens is 425 g/mol. The summed E-state index contributed by atoms with van der Waals surface area (Å²) >= 11 is 12.0. The molecule has 1 heterocycles. The van der Waals surface area contributed by atoms with Gasteiger partial charge in [-0.15, -0.1) is 0 Å². The number of hydrogen-bond acceptors (Lipinski definition) is 4. The highest BCUT2D eigenvalue weighted by Crippen LogP contribution is 2.32. The van der Waals surface area contributed by atoms with Crippen LogP contribution in [0.15, 0.2) is 67.0 Å².